The molecule has 2 saturated heterocycles. The minimum atomic E-state index is -1.87. The second kappa shape index (κ2) is 6.68. The van der Waals surface area contributed by atoms with Gasteiger partial charge in [0.1, 0.15) is 11.5 Å². The smallest absolute Gasteiger partial charge is 0.250 e. The summed E-state index contributed by atoms with van der Waals surface area (Å²) in [5.41, 5.74) is 10.2. The predicted molar refractivity (Wildman–Crippen MR) is 109 cm³/mol. The number of nitrogens with zero attached hydrogens (tertiary/aromatic N) is 4. The Bertz CT molecular complexity index is 1190. The molecule has 1 spiro atoms. The molecule has 152 valence electrons. The van der Waals surface area contributed by atoms with Crippen molar-refractivity contribution in [1.82, 2.24) is 0 Å². The maximum atomic E-state index is 13.3. The van der Waals surface area contributed by atoms with Crippen LogP contribution in [0.5, 0.6) is 0 Å². The summed E-state index contributed by atoms with van der Waals surface area (Å²) in [6.07, 6.45) is -0.964. The summed E-state index contributed by atoms with van der Waals surface area (Å²) >= 11 is 0. The topological polar surface area (TPSA) is 155 Å². The Balaban J connectivity index is 1.74. The molecule has 2 aromatic rings. The second-order valence-electron chi connectivity index (χ2n) is 7.24. The van der Waals surface area contributed by atoms with Crippen LogP contribution in [0.4, 0.5) is 28.4 Å². The van der Waals surface area contributed by atoms with Crippen molar-refractivity contribution in [1.29, 1.82) is 5.26 Å². The molecule has 2 heterocycles. The summed E-state index contributed by atoms with van der Waals surface area (Å²) in [5, 5.41) is 9.17. The largest absolute Gasteiger partial charge is 0.407 e. The van der Waals surface area contributed by atoms with Gasteiger partial charge in [-0.05, 0) is 36.4 Å². The highest BCUT2D eigenvalue weighted by atomic mass is 16.2. The van der Waals surface area contributed by atoms with Gasteiger partial charge in [0.2, 0.25) is 17.5 Å². The Morgan fingerprint density at radius 1 is 0.903 bits per heavy atom. The number of rotatable bonds is 2. The van der Waals surface area contributed by atoms with Crippen LogP contribution in [0.1, 0.15) is 18.4 Å². The SMILES string of the molecule is [C-]#[N+]c1cc(N2C(=O)C[C@]3(CC(=O)N(c4ccc(N)c(C#N)c4)C3=O)C2=O)ccc1N. The van der Waals surface area contributed by atoms with E-state index in [0.29, 0.717) is 0 Å². The lowest BCUT2D eigenvalue weighted by Crippen LogP contribution is -2.42. The van der Waals surface area contributed by atoms with Gasteiger partial charge in [-0.3, -0.25) is 24.1 Å². The number of nitrogens with two attached hydrogens (primary N) is 2. The van der Waals surface area contributed by atoms with Gasteiger partial charge in [-0.1, -0.05) is 0 Å². The van der Waals surface area contributed by atoms with Crippen molar-refractivity contribution in [3.05, 3.63) is 53.4 Å². The van der Waals surface area contributed by atoms with Crippen LogP contribution in [-0.2, 0) is 19.2 Å². The number of carbonyl (C=O) groups is 4. The molecule has 2 fully saturated rings. The van der Waals surface area contributed by atoms with E-state index in [1.165, 1.54) is 36.4 Å². The van der Waals surface area contributed by atoms with E-state index in [2.05, 4.69) is 4.85 Å². The zero-order valence-electron chi connectivity index (χ0n) is 16.0. The zero-order chi connectivity index (χ0) is 22.5. The Kier molecular flexibility index (Phi) is 4.22. The number of carbonyl (C=O) groups excluding carboxylic acids is 4. The van der Waals surface area contributed by atoms with Gasteiger partial charge < -0.3 is 11.5 Å². The summed E-state index contributed by atoms with van der Waals surface area (Å²) < 4.78 is 0. The van der Waals surface area contributed by atoms with Crippen molar-refractivity contribution in [2.24, 2.45) is 5.41 Å². The first-order valence-electron chi connectivity index (χ1n) is 9.05. The van der Waals surface area contributed by atoms with E-state index in [1.54, 1.807) is 0 Å². The summed E-state index contributed by atoms with van der Waals surface area (Å²) in [6.45, 7) is 7.16. The number of benzene rings is 2. The molecule has 10 nitrogen and oxygen atoms in total. The second-order valence-corrected chi connectivity index (χ2v) is 7.24. The molecule has 0 saturated carbocycles. The average Bonchev–Trinajstić information content (AvgIpc) is 3.14. The van der Waals surface area contributed by atoms with Gasteiger partial charge in [-0.25, -0.2) is 9.74 Å². The van der Waals surface area contributed by atoms with Gasteiger partial charge in [-0.15, -0.1) is 0 Å². The minimum absolute atomic E-state index is 0.0559. The maximum Gasteiger partial charge on any atom is 0.250 e. The number of nitrogen functional groups attached to an aromatic ring is 2. The van der Waals surface area contributed by atoms with Gasteiger partial charge in [0.25, 0.3) is 11.8 Å². The van der Waals surface area contributed by atoms with Crippen LogP contribution in [0.15, 0.2) is 36.4 Å². The van der Waals surface area contributed by atoms with Crippen molar-refractivity contribution in [2.75, 3.05) is 21.3 Å². The fourth-order valence-electron chi connectivity index (χ4n) is 3.86. The molecule has 4 rings (SSSR count). The molecule has 10 heteroatoms. The lowest BCUT2D eigenvalue weighted by atomic mass is 9.84. The van der Waals surface area contributed by atoms with Crippen molar-refractivity contribution in [3.8, 4) is 6.07 Å². The van der Waals surface area contributed by atoms with E-state index in [0.717, 1.165) is 9.80 Å². The average molecular weight is 414 g/mol. The third-order valence-electron chi connectivity index (χ3n) is 5.44. The van der Waals surface area contributed by atoms with Crippen molar-refractivity contribution in [2.45, 2.75) is 12.8 Å². The molecule has 0 radical (unpaired) electrons. The molecule has 2 aliphatic rings. The molecule has 0 unspecified atom stereocenters. The minimum Gasteiger partial charge on any atom is -0.407 e. The monoisotopic (exact) mass is 414 g/mol. The molecule has 2 aliphatic heterocycles. The van der Waals surface area contributed by atoms with Crippen LogP contribution < -0.4 is 21.3 Å². The maximum absolute atomic E-state index is 13.3. The van der Waals surface area contributed by atoms with Crippen LogP contribution in [0, 0.1) is 23.3 Å². The Morgan fingerprint density at radius 2 is 1.42 bits per heavy atom. The molecular formula is C21H14N6O4. The van der Waals surface area contributed by atoms with Gasteiger partial charge in [0, 0.05) is 17.1 Å². The zero-order valence-corrected chi connectivity index (χ0v) is 16.0. The predicted octanol–water partition coefficient (Wildman–Crippen LogP) is 1.49. The van der Waals surface area contributed by atoms with E-state index >= 15 is 0 Å². The van der Waals surface area contributed by atoms with Crippen molar-refractivity contribution in [3.63, 3.8) is 0 Å². The van der Waals surface area contributed by atoms with Gasteiger partial charge in [-0.2, -0.15) is 5.26 Å². The van der Waals surface area contributed by atoms with Crippen LogP contribution in [0.25, 0.3) is 4.85 Å². The molecule has 0 aliphatic carbocycles. The number of hydrogen-bond acceptors (Lipinski definition) is 7. The van der Waals surface area contributed by atoms with E-state index < -0.39 is 41.9 Å². The number of nitriles is 1. The number of imide groups is 2. The third-order valence-corrected chi connectivity index (χ3v) is 5.44. The highest BCUT2D eigenvalue weighted by Gasteiger charge is 2.64. The van der Waals surface area contributed by atoms with Crippen LogP contribution >= 0.6 is 0 Å². The first kappa shape index (κ1) is 19.6. The first-order chi connectivity index (χ1) is 14.7. The molecular weight excluding hydrogens is 400 g/mol. The van der Waals surface area contributed by atoms with Crippen molar-refractivity contribution < 1.29 is 19.2 Å². The molecule has 4 N–H and O–H groups in total. The summed E-state index contributed by atoms with van der Waals surface area (Å²) in [7, 11) is 0. The lowest BCUT2D eigenvalue weighted by molar-refractivity contribution is -0.136. The highest BCUT2D eigenvalue weighted by molar-refractivity contribution is 6.38. The summed E-state index contributed by atoms with van der Waals surface area (Å²) in [4.78, 5) is 56.8. The van der Waals surface area contributed by atoms with Crippen molar-refractivity contribution >= 4 is 52.1 Å². The molecule has 2 aromatic carbocycles. The highest BCUT2D eigenvalue weighted by Crippen LogP contribution is 2.46. The molecule has 31 heavy (non-hydrogen) atoms. The molecule has 0 aromatic heterocycles. The standard InChI is InChI=1S/C21H14N6O4/c1-25-16-7-13(3-5-15(16)24)27-18(29)9-21(20(27)31)8-17(28)26(19(21)30)12-2-4-14(23)11(6-12)10-22/h2-7H,8-9,23-24H2/t21-/m0/s1. The van der Waals surface area contributed by atoms with E-state index in [4.69, 9.17) is 23.3 Å². The summed E-state index contributed by atoms with van der Waals surface area (Å²) in [6, 6.07) is 10.0. The normalized spacial score (nSPS) is 20.5. The Hall–Kier alpha value is -4.70. The van der Waals surface area contributed by atoms with Crippen LogP contribution in [0.2, 0.25) is 0 Å². The fourth-order valence-corrected chi connectivity index (χ4v) is 3.86. The number of hydrogen-bond donors (Lipinski definition) is 2. The van der Waals surface area contributed by atoms with Crippen LogP contribution in [-0.4, -0.2) is 23.6 Å². The van der Waals surface area contributed by atoms with Gasteiger partial charge >= 0.3 is 0 Å². The van der Waals surface area contributed by atoms with E-state index in [9.17, 15) is 19.2 Å². The van der Waals surface area contributed by atoms with E-state index in [-0.39, 0.29) is 34.0 Å². The first-order valence-corrected chi connectivity index (χ1v) is 9.05. The van der Waals surface area contributed by atoms with Gasteiger partial charge in [0.05, 0.1) is 30.7 Å². The van der Waals surface area contributed by atoms with Gasteiger partial charge in [0.15, 0.2) is 0 Å². The third kappa shape index (κ3) is 2.70. The summed E-state index contributed by atoms with van der Waals surface area (Å²) in [5.74, 6) is -3.01. The fraction of sp³-hybridized carbons (Fsp3) is 0.143. The lowest BCUT2D eigenvalue weighted by Gasteiger charge is -2.21. The van der Waals surface area contributed by atoms with Crippen LogP contribution in [0.3, 0.4) is 0 Å². The molecule has 1 atom stereocenters. The number of anilines is 4. The number of amides is 4. The molecule has 4 amide bonds. The Labute approximate surface area is 176 Å². The quantitative estimate of drug-likeness (QED) is 0.326. The van der Waals surface area contributed by atoms with E-state index in [1.807, 2.05) is 6.07 Å². The molecule has 0 bridgehead atoms. The Morgan fingerprint density at radius 3 is 1.94 bits per heavy atom.